The number of nitrogens with one attached hydrogen (secondary N) is 1. The molecule has 1 aliphatic rings. The Morgan fingerprint density at radius 3 is 2.79 bits per heavy atom. The number of carbonyl (C=O) groups is 1. The highest BCUT2D eigenvalue weighted by molar-refractivity contribution is 5.93. The average molecular weight is 261 g/mol. The Bertz CT molecular complexity index is 454. The quantitative estimate of drug-likeness (QED) is 0.906. The highest BCUT2D eigenvalue weighted by atomic mass is 16.2. The minimum Gasteiger partial charge on any atom is -0.388 e. The molecule has 0 unspecified atom stereocenters. The summed E-state index contributed by atoms with van der Waals surface area (Å²) in [5.41, 5.74) is 1.78. The SMILES string of the molecule is CCC1(CC)CCN(C(=O)c2cc(NC)ccn2)C1. The van der Waals surface area contributed by atoms with Gasteiger partial charge >= 0.3 is 0 Å². The van der Waals surface area contributed by atoms with Crippen LogP contribution in [0.25, 0.3) is 0 Å². The van der Waals surface area contributed by atoms with Gasteiger partial charge in [-0.05, 0) is 36.8 Å². The number of rotatable bonds is 4. The van der Waals surface area contributed by atoms with E-state index in [0.717, 1.165) is 38.0 Å². The molecule has 0 atom stereocenters. The summed E-state index contributed by atoms with van der Waals surface area (Å²) in [4.78, 5) is 18.6. The number of pyridine rings is 1. The van der Waals surface area contributed by atoms with E-state index in [1.807, 2.05) is 24.1 Å². The van der Waals surface area contributed by atoms with Crippen molar-refractivity contribution in [1.82, 2.24) is 9.88 Å². The van der Waals surface area contributed by atoms with Crippen molar-refractivity contribution in [1.29, 1.82) is 0 Å². The summed E-state index contributed by atoms with van der Waals surface area (Å²) in [5.74, 6) is 0.0564. The van der Waals surface area contributed by atoms with Crippen molar-refractivity contribution in [3.05, 3.63) is 24.0 Å². The Morgan fingerprint density at radius 2 is 2.21 bits per heavy atom. The Morgan fingerprint density at radius 1 is 1.47 bits per heavy atom. The van der Waals surface area contributed by atoms with Gasteiger partial charge in [-0.15, -0.1) is 0 Å². The standard InChI is InChI=1S/C15H23N3O/c1-4-15(5-2)7-9-18(11-15)14(19)13-10-12(16-3)6-8-17-13/h6,8,10H,4-5,7,9,11H2,1-3H3,(H,16,17). The van der Waals surface area contributed by atoms with E-state index in [4.69, 9.17) is 0 Å². The summed E-state index contributed by atoms with van der Waals surface area (Å²) in [6, 6.07) is 3.68. The summed E-state index contributed by atoms with van der Waals surface area (Å²) in [6.07, 6.45) is 5.06. The highest BCUT2D eigenvalue weighted by Crippen LogP contribution is 2.37. The number of nitrogens with zero attached hydrogens (tertiary/aromatic N) is 2. The van der Waals surface area contributed by atoms with Gasteiger partial charge in [0, 0.05) is 32.0 Å². The fraction of sp³-hybridized carbons (Fsp3) is 0.600. The van der Waals surface area contributed by atoms with Crippen molar-refractivity contribution >= 4 is 11.6 Å². The number of likely N-dealkylation sites (tertiary alicyclic amines) is 1. The lowest BCUT2D eigenvalue weighted by molar-refractivity contribution is 0.0764. The molecule has 0 spiro atoms. The normalized spacial score (nSPS) is 17.5. The van der Waals surface area contributed by atoms with Crippen LogP contribution in [0.2, 0.25) is 0 Å². The lowest BCUT2D eigenvalue weighted by Crippen LogP contribution is -2.32. The third-order valence-electron chi connectivity index (χ3n) is 4.49. The van der Waals surface area contributed by atoms with Crippen LogP contribution in [-0.4, -0.2) is 35.9 Å². The molecule has 0 aromatic carbocycles. The number of aromatic nitrogens is 1. The summed E-state index contributed by atoms with van der Waals surface area (Å²) in [6.45, 7) is 6.16. The van der Waals surface area contributed by atoms with Crippen LogP contribution < -0.4 is 5.32 Å². The Balaban J connectivity index is 2.13. The number of hydrogen-bond acceptors (Lipinski definition) is 3. The van der Waals surface area contributed by atoms with E-state index < -0.39 is 0 Å². The van der Waals surface area contributed by atoms with E-state index in [2.05, 4.69) is 24.1 Å². The second-order valence-corrected chi connectivity index (χ2v) is 5.36. The third kappa shape index (κ3) is 2.72. The second-order valence-electron chi connectivity index (χ2n) is 5.36. The molecule has 1 aliphatic heterocycles. The molecule has 1 fully saturated rings. The minimum atomic E-state index is 0.0564. The van der Waals surface area contributed by atoms with Gasteiger partial charge in [-0.3, -0.25) is 9.78 Å². The van der Waals surface area contributed by atoms with Crippen molar-refractivity contribution in [2.45, 2.75) is 33.1 Å². The van der Waals surface area contributed by atoms with Crippen molar-refractivity contribution in [2.75, 3.05) is 25.5 Å². The molecule has 2 heterocycles. The lowest BCUT2D eigenvalue weighted by Gasteiger charge is -2.26. The minimum absolute atomic E-state index is 0.0564. The molecule has 0 aliphatic carbocycles. The number of anilines is 1. The second kappa shape index (κ2) is 5.59. The topological polar surface area (TPSA) is 45.2 Å². The first-order valence-electron chi connectivity index (χ1n) is 7.07. The molecule has 19 heavy (non-hydrogen) atoms. The van der Waals surface area contributed by atoms with Gasteiger partial charge in [0.15, 0.2) is 0 Å². The average Bonchev–Trinajstić information content (AvgIpc) is 2.91. The van der Waals surface area contributed by atoms with Crippen molar-refractivity contribution in [2.24, 2.45) is 5.41 Å². The smallest absolute Gasteiger partial charge is 0.272 e. The Hall–Kier alpha value is -1.58. The van der Waals surface area contributed by atoms with Crippen LogP contribution in [-0.2, 0) is 0 Å². The molecule has 0 saturated carbocycles. The van der Waals surface area contributed by atoms with Crippen LogP contribution in [0.5, 0.6) is 0 Å². The molecular weight excluding hydrogens is 238 g/mol. The first-order valence-corrected chi connectivity index (χ1v) is 7.07. The molecule has 1 saturated heterocycles. The number of hydrogen-bond donors (Lipinski definition) is 1. The van der Waals surface area contributed by atoms with Crippen LogP contribution >= 0.6 is 0 Å². The molecule has 1 N–H and O–H groups in total. The maximum absolute atomic E-state index is 12.5. The fourth-order valence-corrected chi connectivity index (χ4v) is 2.80. The van der Waals surface area contributed by atoms with Gasteiger partial charge in [0.05, 0.1) is 0 Å². The maximum Gasteiger partial charge on any atom is 0.272 e. The van der Waals surface area contributed by atoms with E-state index in [-0.39, 0.29) is 5.91 Å². The molecule has 1 amide bonds. The zero-order valence-electron chi connectivity index (χ0n) is 12.1. The van der Waals surface area contributed by atoms with E-state index >= 15 is 0 Å². The van der Waals surface area contributed by atoms with Gasteiger partial charge in [-0.25, -0.2) is 0 Å². The Labute approximate surface area is 115 Å². The van der Waals surface area contributed by atoms with E-state index in [0.29, 0.717) is 11.1 Å². The van der Waals surface area contributed by atoms with Crippen LogP contribution in [0.15, 0.2) is 18.3 Å². The predicted octanol–water partition coefficient (Wildman–Crippen LogP) is 2.78. The monoisotopic (exact) mass is 261 g/mol. The number of amides is 1. The zero-order valence-corrected chi connectivity index (χ0v) is 12.1. The first-order chi connectivity index (χ1) is 9.14. The van der Waals surface area contributed by atoms with Gasteiger partial charge in [0.1, 0.15) is 5.69 Å². The van der Waals surface area contributed by atoms with Gasteiger partial charge in [-0.2, -0.15) is 0 Å². The van der Waals surface area contributed by atoms with Gasteiger partial charge < -0.3 is 10.2 Å². The lowest BCUT2D eigenvalue weighted by atomic mass is 9.82. The molecule has 1 aromatic rings. The van der Waals surface area contributed by atoms with E-state index in [9.17, 15) is 4.79 Å². The van der Waals surface area contributed by atoms with Crippen LogP contribution in [0.3, 0.4) is 0 Å². The molecule has 1 aromatic heterocycles. The molecular formula is C15H23N3O. The highest BCUT2D eigenvalue weighted by Gasteiger charge is 2.37. The Kier molecular flexibility index (Phi) is 4.08. The number of carbonyl (C=O) groups excluding carboxylic acids is 1. The van der Waals surface area contributed by atoms with E-state index in [1.54, 1.807) is 6.20 Å². The van der Waals surface area contributed by atoms with Crippen molar-refractivity contribution < 1.29 is 4.79 Å². The zero-order chi connectivity index (χ0) is 13.9. The molecule has 0 radical (unpaired) electrons. The maximum atomic E-state index is 12.5. The molecule has 104 valence electrons. The summed E-state index contributed by atoms with van der Waals surface area (Å²) in [5, 5.41) is 3.04. The van der Waals surface area contributed by atoms with Gasteiger partial charge in [0.2, 0.25) is 0 Å². The molecule has 4 nitrogen and oxygen atoms in total. The first kappa shape index (κ1) is 13.8. The third-order valence-corrected chi connectivity index (χ3v) is 4.49. The van der Waals surface area contributed by atoms with Crippen molar-refractivity contribution in [3.63, 3.8) is 0 Å². The van der Waals surface area contributed by atoms with Crippen molar-refractivity contribution in [3.8, 4) is 0 Å². The molecule has 0 bridgehead atoms. The summed E-state index contributed by atoms with van der Waals surface area (Å²) < 4.78 is 0. The van der Waals surface area contributed by atoms with Crippen LogP contribution in [0.4, 0.5) is 5.69 Å². The molecule has 4 heteroatoms. The van der Waals surface area contributed by atoms with Crippen LogP contribution in [0.1, 0.15) is 43.6 Å². The van der Waals surface area contributed by atoms with Gasteiger partial charge in [0.25, 0.3) is 5.91 Å². The van der Waals surface area contributed by atoms with Gasteiger partial charge in [-0.1, -0.05) is 13.8 Å². The predicted molar refractivity (Wildman–Crippen MR) is 77.3 cm³/mol. The molecule has 2 rings (SSSR count). The summed E-state index contributed by atoms with van der Waals surface area (Å²) in [7, 11) is 1.85. The fourth-order valence-electron chi connectivity index (χ4n) is 2.80. The largest absolute Gasteiger partial charge is 0.388 e. The van der Waals surface area contributed by atoms with Crippen LogP contribution in [0, 0.1) is 5.41 Å². The summed E-state index contributed by atoms with van der Waals surface area (Å²) >= 11 is 0. The van der Waals surface area contributed by atoms with E-state index in [1.165, 1.54) is 0 Å².